The first-order valence-corrected chi connectivity index (χ1v) is 10.4. The molecule has 1 saturated carbocycles. The number of piperidine rings is 2. The fraction of sp³-hybridized carbons (Fsp3) is 0.409. The average molecular weight is 425 g/mol. The van der Waals surface area contributed by atoms with Crippen LogP contribution in [0.25, 0.3) is 16.9 Å². The molecular formula is C22H21F2N5O2. The maximum Gasteiger partial charge on any atom is 0.233 e. The number of hydrogen-bond donors (Lipinski definition) is 2. The molecule has 6 rings (SSSR count). The van der Waals surface area contributed by atoms with Crippen LogP contribution in [0.1, 0.15) is 18.5 Å². The predicted octanol–water partition coefficient (Wildman–Crippen LogP) is 2.90. The molecule has 0 spiro atoms. The zero-order valence-electron chi connectivity index (χ0n) is 16.7. The second-order valence-electron chi connectivity index (χ2n) is 8.68. The highest BCUT2D eigenvalue weighted by atomic mass is 19.2. The van der Waals surface area contributed by atoms with E-state index in [1.165, 1.54) is 0 Å². The fourth-order valence-corrected chi connectivity index (χ4v) is 5.01. The molecule has 2 bridgehead atoms. The van der Waals surface area contributed by atoms with Crippen LogP contribution >= 0.6 is 0 Å². The van der Waals surface area contributed by atoms with Gasteiger partial charge in [0.25, 0.3) is 0 Å². The van der Waals surface area contributed by atoms with Crippen molar-refractivity contribution in [3.63, 3.8) is 0 Å². The van der Waals surface area contributed by atoms with Gasteiger partial charge in [-0.05, 0) is 37.6 Å². The van der Waals surface area contributed by atoms with Gasteiger partial charge < -0.3 is 15.2 Å². The van der Waals surface area contributed by atoms with Crippen LogP contribution in [0.15, 0.2) is 42.6 Å². The number of hydrogen-bond acceptors (Lipinski definition) is 6. The van der Waals surface area contributed by atoms with Crippen molar-refractivity contribution in [3.8, 4) is 28.6 Å². The highest BCUT2D eigenvalue weighted by Crippen LogP contribution is 2.60. The molecule has 160 valence electrons. The lowest BCUT2D eigenvalue weighted by Crippen LogP contribution is -2.56. The van der Waals surface area contributed by atoms with Crippen molar-refractivity contribution >= 4 is 0 Å². The number of fused-ring (bicyclic) bond motifs is 5. The molecule has 0 amide bonds. The van der Waals surface area contributed by atoms with Crippen molar-refractivity contribution in [1.29, 1.82) is 0 Å². The standard InChI is InChI=1S/C22H21F2N5O2/c1-11-6-7-29(28-11)12-2-3-13(17(30)8-12)15-4-5-19(27-26-15)31-18-9-16-14-10-22(14,24)21(25-16)20(18)23/h2-8,14,16,18,20-21,25,30H,9-10H2,1H3. The molecule has 9 heteroatoms. The number of aryl methyl sites for hydroxylation is 1. The molecule has 3 aliphatic rings. The third-order valence-corrected chi connectivity index (χ3v) is 6.70. The van der Waals surface area contributed by atoms with Gasteiger partial charge in [-0.15, -0.1) is 10.2 Å². The number of ether oxygens (including phenoxy) is 1. The third-order valence-electron chi connectivity index (χ3n) is 6.70. The third kappa shape index (κ3) is 2.90. The molecule has 31 heavy (non-hydrogen) atoms. The zero-order chi connectivity index (χ0) is 21.3. The van der Waals surface area contributed by atoms with E-state index in [-0.39, 0.29) is 23.6 Å². The molecule has 2 aromatic heterocycles. The second-order valence-corrected chi connectivity index (χ2v) is 8.68. The van der Waals surface area contributed by atoms with Gasteiger partial charge in [-0.25, -0.2) is 13.5 Å². The number of phenols is 1. The summed E-state index contributed by atoms with van der Waals surface area (Å²) >= 11 is 0. The Labute approximate surface area is 177 Å². The molecule has 2 aliphatic heterocycles. The first-order chi connectivity index (χ1) is 14.9. The van der Waals surface area contributed by atoms with Crippen molar-refractivity contribution in [1.82, 2.24) is 25.3 Å². The molecule has 3 fully saturated rings. The summed E-state index contributed by atoms with van der Waals surface area (Å²) in [5, 5.41) is 26.0. The normalized spacial score (nSPS) is 33.2. The van der Waals surface area contributed by atoms with E-state index >= 15 is 0 Å². The van der Waals surface area contributed by atoms with Crippen molar-refractivity contribution in [2.24, 2.45) is 5.92 Å². The SMILES string of the molecule is Cc1ccn(-c2ccc(-c3ccc(OC4CC5NC(C4F)C4(F)CC54)nn3)c(O)c2)n1. The summed E-state index contributed by atoms with van der Waals surface area (Å²) in [7, 11) is 0. The van der Waals surface area contributed by atoms with Crippen LogP contribution < -0.4 is 10.1 Å². The number of phenolic OH excluding ortho intramolecular Hbond substituents is 1. The van der Waals surface area contributed by atoms with Crippen LogP contribution in [0.4, 0.5) is 8.78 Å². The lowest BCUT2D eigenvalue weighted by atomic mass is 9.95. The highest BCUT2D eigenvalue weighted by Gasteiger charge is 2.73. The van der Waals surface area contributed by atoms with Crippen molar-refractivity contribution in [3.05, 3.63) is 48.3 Å². The summed E-state index contributed by atoms with van der Waals surface area (Å²) in [6, 6.07) is 9.44. The number of benzene rings is 1. The lowest BCUT2D eigenvalue weighted by Gasteiger charge is -2.35. The largest absolute Gasteiger partial charge is 0.507 e. The minimum absolute atomic E-state index is 0.0415. The van der Waals surface area contributed by atoms with E-state index in [1.807, 2.05) is 25.3 Å². The van der Waals surface area contributed by atoms with Gasteiger partial charge >= 0.3 is 0 Å². The molecule has 1 aromatic carbocycles. The molecule has 6 unspecified atom stereocenters. The predicted molar refractivity (Wildman–Crippen MR) is 108 cm³/mol. The maximum atomic E-state index is 14.8. The van der Waals surface area contributed by atoms with E-state index in [0.717, 1.165) is 11.4 Å². The van der Waals surface area contributed by atoms with Crippen molar-refractivity contribution in [2.75, 3.05) is 0 Å². The van der Waals surface area contributed by atoms with Crippen molar-refractivity contribution in [2.45, 2.75) is 49.8 Å². The van der Waals surface area contributed by atoms with Gasteiger partial charge in [-0.3, -0.25) is 0 Å². The van der Waals surface area contributed by atoms with Crippen LogP contribution in [0.3, 0.4) is 0 Å². The van der Waals surface area contributed by atoms with Crippen molar-refractivity contribution < 1.29 is 18.6 Å². The minimum atomic E-state index is -1.43. The fourth-order valence-electron chi connectivity index (χ4n) is 5.01. The van der Waals surface area contributed by atoms with Gasteiger partial charge in [0, 0.05) is 42.3 Å². The van der Waals surface area contributed by atoms with E-state index in [0.29, 0.717) is 24.1 Å². The van der Waals surface area contributed by atoms with Gasteiger partial charge in [0.15, 0.2) is 6.17 Å². The number of halogens is 2. The van der Waals surface area contributed by atoms with Gasteiger partial charge in [-0.2, -0.15) is 5.10 Å². The summed E-state index contributed by atoms with van der Waals surface area (Å²) in [5.74, 6) is 0.122. The Morgan fingerprint density at radius 3 is 2.81 bits per heavy atom. The molecule has 4 heterocycles. The van der Waals surface area contributed by atoms with Crippen LogP contribution in [-0.4, -0.2) is 55.1 Å². The van der Waals surface area contributed by atoms with E-state index in [9.17, 15) is 13.9 Å². The monoisotopic (exact) mass is 425 g/mol. The summed E-state index contributed by atoms with van der Waals surface area (Å²) in [4.78, 5) is 0. The maximum absolute atomic E-state index is 14.8. The van der Waals surface area contributed by atoms with Gasteiger partial charge in [0.1, 0.15) is 17.5 Å². The Bertz CT molecular complexity index is 1150. The average Bonchev–Trinajstić information content (AvgIpc) is 3.15. The molecule has 2 saturated heterocycles. The summed E-state index contributed by atoms with van der Waals surface area (Å²) < 4.78 is 36.8. The number of nitrogens with one attached hydrogen (secondary N) is 1. The number of alkyl halides is 2. The summed E-state index contributed by atoms with van der Waals surface area (Å²) in [6.45, 7) is 1.89. The number of aromatic nitrogens is 4. The smallest absolute Gasteiger partial charge is 0.233 e. The Morgan fingerprint density at radius 1 is 1.23 bits per heavy atom. The Hall–Kier alpha value is -3.07. The summed E-state index contributed by atoms with van der Waals surface area (Å²) in [6.07, 6.45) is 0.487. The molecule has 1 aliphatic carbocycles. The Kier molecular flexibility index (Phi) is 3.89. The topological polar surface area (TPSA) is 85.1 Å². The zero-order valence-corrected chi connectivity index (χ0v) is 16.7. The molecular weight excluding hydrogens is 404 g/mol. The Morgan fingerprint density at radius 2 is 2.10 bits per heavy atom. The van der Waals surface area contributed by atoms with Gasteiger partial charge in [0.05, 0.1) is 23.1 Å². The second kappa shape index (κ2) is 6.46. The highest BCUT2D eigenvalue weighted by molar-refractivity contribution is 5.68. The summed E-state index contributed by atoms with van der Waals surface area (Å²) in [5.41, 5.74) is 1.14. The molecule has 7 nitrogen and oxygen atoms in total. The van der Waals surface area contributed by atoms with E-state index in [2.05, 4.69) is 20.6 Å². The lowest BCUT2D eigenvalue weighted by molar-refractivity contribution is 0.0172. The molecule has 2 N–H and O–H groups in total. The number of aromatic hydroxyl groups is 1. The Balaban J connectivity index is 1.18. The quantitative estimate of drug-likeness (QED) is 0.669. The van der Waals surface area contributed by atoms with Gasteiger partial charge in [0.2, 0.25) is 5.88 Å². The molecule has 6 atom stereocenters. The van der Waals surface area contributed by atoms with Crippen LogP contribution in [-0.2, 0) is 0 Å². The van der Waals surface area contributed by atoms with Gasteiger partial charge in [-0.1, -0.05) is 0 Å². The number of nitrogens with zero attached hydrogens (tertiary/aromatic N) is 4. The van der Waals surface area contributed by atoms with Crippen LogP contribution in [0, 0.1) is 12.8 Å². The van der Waals surface area contributed by atoms with E-state index in [4.69, 9.17) is 4.74 Å². The van der Waals surface area contributed by atoms with Crippen LogP contribution in [0.2, 0.25) is 0 Å². The van der Waals surface area contributed by atoms with E-state index in [1.54, 1.807) is 28.9 Å². The minimum Gasteiger partial charge on any atom is -0.507 e. The number of rotatable bonds is 4. The van der Waals surface area contributed by atoms with E-state index < -0.39 is 24.0 Å². The first-order valence-electron chi connectivity index (χ1n) is 10.4. The first kappa shape index (κ1) is 18.7. The van der Waals surface area contributed by atoms with Crippen LogP contribution in [0.5, 0.6) is 11.6 Å². The molecule has 0 radical (unpaired) electrons. The molecule has 3 aromatic rings.